The van der Waals surface area contributed by atoms with E-state index in [1.165, 1.54) is 6.07 Å². The van der Waals surface area contributed by atoms with Gasteiger partial charge in [0.2, 0.25) is 5.91 Å². The molecule has 7 heteroatoms. The van der Waals surface area contributed by atoms with Crippen LogP contribution in [0.1, 0.15) is 41.5 Å². The molecule has 36 heavy (non-hydrogen) atoms. The Morgan fingerprint density at radius 3 is 2.72 bits per heavy atom. The van der Waals surface area contributed by atoms with E-state index in [1.807, 2.05) is 37.3 Å². The van der Waals surface area contributed by atoms with Crippen LogP contribution in [0.5, 0.6) is 11.5 Å². The lowest BCUT2D eigenvalue weighted by Gasteiger charge is -2.31. The number of benzene rings is 3. The van der Waals surface area contributed by atoms with Gasteiger partial charge in [-0.1, -0.05) is 36.4 Å². The second-order valence-electron chi connectivity index (χ2n) is 9.20. The molecule has 5 rings (SSSR count). The van der Waals surface area contributed by atoms with E-state index in [4.69, 9.17) is 9.47 Å². The molecule has 2 heterocycles. The maximum atomic E-state index is 14.8. The van der Waals surface area contributed by atoms with Crippen LogP contribution in [0, 0.1) is 5.82 Å². The third kappa shape index (κ3) is 4.65. The average molecular weight is 490 g/mol. The zero-order valence-electron chi connectivity index (χ0n) is 20.1. The number of para-hydroxylation sites is 1. The summed E-state index contributed by atoms with van der Waals surface area (Å²) in [6.07, 6.45) is 0.656. The van der Waals surface area contributed by atoms with Crippen LogP contribution in [0.25, 0.3) is 11.1 Å². The molecule has 0 aromatic heterocycles. The van der Waals surface area contributed by atoms with Crippen molar-refractivity contribution in [3.05, 3.63) is 82.7 Å². The van der Waals surface area contributed by atoms with E-state index in [0.29, 0.717) is 56.0 Å². The highest BCUT2D eigenvalue weighted by atomic mass is 19.1. The van der Waals surface area contributed by atoms with Gasteiger partial charge < -0.3 is 19.5 Å². The van der Waals surface area contributed by atoms with Crippen molar-refractivity contribution in [2.45, 2.75) is 38.6 Å². The molecule has 6 nitrogen and oxygen atoms in total. The van der Waals surface area contributed by atoms with Crippen LogP contribution in [0.4, 0.5) is 4.39 Å². The van der Waals surface area contributed by atoms with Crippen LogP contribution in [0.15, 0.2) is 54.6 Å². The smallest absolute Gasteiger partial charge is 0.307 e. The second kappa shape index (κ2) is 10.0. The van der Waals surface area contributed by atoms with Gasteiger partial charge in [-0.05, 0) is 53.8 Å². The predicted molar refractivity (Wildman–Crippen MR) is 133 cm³/mol. The zero-order chi connectivity index (χ0) is 25.2. The second-order valence-corrected chi connectivity index (χ2v) is 9.20. The van der Waals surface area contributed by atoms with E-state index >= 15 is 0 Å². The van der Waals surface area contributed by atoms with Gasteiger partial charge in [-0.3, -0.25) is 9.59 Å². The number of carbonyl (C=O) groups excluding carboxylic acids is 1. The molecule has 0 bridgehead atoms. The Labute approximate surface area is 209 Å². The SMILES string of the molecule is CCOc1cc(CC(=O)O)ccc1-c1ccc(F)c2c1CN(C(=O)CC1COc3ccccc31)CC2. The Balaban J connectivity index is 1.43. The van der Waals surface area contributed by atoms with E-state index in [2.05, 4.69) is 0 Å². The fourth-order valence-corrected chi connectivity index (χ4v) is 5.18. The largest absolute Gasteiger partial charge is 0.493 e. The van der Waals surface area contributed by atoms with Crippen molar-refractivity contribution in [3.63, 3.8) is 0 Å². The number of carbonyl (C=O) groups is 2. The van der Waals surface area contributed by atoms with Crippen molar-refractivity contribution in [2.75, 3.05) is 19.8 Å². The first-order chi connectivity index (χ1) is 17.4. The summed E-state index contributed by atoms with van der Waals surface area (Å²) in [5, 5.41) is 9.17. The minimum Gasteiger partial charge on any atom is -0.493 e. The van der Waals surface area contributed by atoms with E-state index in [0.717, 1.165) is 28.0 Å². The molecule has 1 amide bonds. The van der Waals surface area contributed by atoms with E-state index in [9.17, 15) is 19.1 Å². The van der Waals surface area contributed by atoms with E-state index in [-0.39, 0.29) is 24.1 Å². The van der Waals surface area contributed by atoms with Crippen LogP contribution < -0.4 is 9.47 Å². The Kier molecular flexibility index (Phi) is 6.63. The monoisotopic (exact) mass is 489 g/mol. The highest BCUT2D eigenvalue weighted by Crippen LogP contribution is 2.39. The molecule has 0 saturated carbocycles. The molecule has 1 atom stereocenters. The number of carboxylic acids is 1. The predicted octanol–water partition coefficient (Wildman–Crippen LogP) is 4.97. The Morgan fingerprint density at radius 2 is 1.92 bits per heavy atom. The van der Waals surface area contributed by atoms with Gasteiger partial charge in [0, 0.05) is 36.6 Å². The molecule has 2 aliphatic heterocycles. The van der Waals surface area contributed by atoms with Gasteiger partial charge in [0.15, 0.2) is 0 Å². The van der Waals surface area contributed by atoms with Crippen molar-refractivity contribution in [1.82, 2.24) is 4.90 Å². The summed E-state index contributed by atoms with van der Waals surface area (Å²) in [6, 6.07) is 16.3. The summed E-state index contributed by atoms with van der Waals surface area (Å²) in [5.41, 5.74) is 4.62. The lowest BCUT2D eigenvalue weighted by molar-refractivity contribution is -0.136. The van der Waals surface area contributed by atoms with Crippen LogP contribution in [0.2, 0.25) is 0 Å². The number of aliphatic carboxylic acids is 1. The fraction of sp³-hybridized carbons (Fsp3) is 0.310. The van der Waals surface area contributed by atoms with Crippen molar-refractivity contribution in [2.24, 2.45) is 0 Å². The van der Waals surface area contributed by atoms with Crippen molar-refractivity contribution >= 4 is 11.9 Å². The van der Waals surface area contributed by atoms with Crippen molar-refractivity contribution in [1.29, 1.82) is 0 Å². The molecule has 3 aromatic rings. The third-order valence-corrected chi connectivity index (χ3v) is 6.92. The first-order valence-corrected chi connectivity index (χ1v) is 12.2. The summed E-state index contributed by atoms with van der Waals surface area (Å²) in [4.78, 5) is 26.3. The molecule has 0 saturated heterocycles. The van der Waals surface area contributed by atoms with Gasteiger partial charge in [0.1, 0.15) is 17.3 Å². The normalized spacial score (nSPS) is 16.2. The first-order valence-electron chi connectivity index (χ1n) is 12.2. The Bertz CT molecular complexity index is 1320. The van der Waals surface area contributed by atoms with Gasteiger partial charge in [-0.2, -0.15) is 0 Å². The Hall–Kier alpha value is -3.87. The third-order valence-electron chi connectivity index (χ3n) is 6.92. The highest BCUT2D eigenvalue weighted by molar-refractivity contribution is 5.80. The number of hydrogen-bond acceptors (Lipinski definition) is 4. The maximum absolute atomic E-state index is 14.8. The molecule has 2 aliphatic rings. The summed E-state index contributed by atoms with van der Waals surface area (Å²) in [6.45, 7) is 3.51. The first kappa shape index (κ1) is 23.9. The van der Waals surface area contributed by atoms with Gasteiger partial charge in [0.05, 0.1) is 19.6 Å². The molecule has 0 spiro atoms. The highest BCUT2D eigenvalue weighted by Gasteiger charge is 2.31. The molecule has 1 unspecified atom stereocenters. The van der Waals surface area contributed by atoms with Gasteiger partial charge >= 0.3 is 5.97 Å². The number of halogens is 1. The maximum Gasteiger partial charge on any atom is 0.307 e. The number of carboxylic acid groups (broad SMARTS) is 1. The minimum absolute atomic E-state index is 0.00779. The number of nitrogens with zero attached hydrogens (tertiary/aromatic N) is 1. The fourth-order valence-electron chi connectivity index (χ4n) is 5.18. The lowest BCUT2D eigenvalue weighted by Crippen LogP contribution is -2.37. The molecule has 3 aromatic carbocycles. The van der Waals surface area contributed by atoms with E-state index in [1.54, 1.807) is 23.1 Å². The summed E-state index contributed by atoms with van der Waals surface area (Å²) in [7, 11) is 0. The van der Waals surface area contributed by atoms with Crippen LogP contribution in [-0.2, 0) is 29.0 Å². The summed E-state index contributed by atoms with van der Waals surface area (Å²) >= 11 is 0. The number of amides is 1. The minimum atomic E-state index is -0.922. The quantitative estimate of drug-likeness (QED) is 0.507. The number of fused-ring (bicyclic) bond motifs is 2. The number of hydrogen-bond donors (Lipinski definition) is 1. The molecule has 0 fully saturated rings. The van der Waals surface area contributed by atoms with Crippen LogP contribution in [0.3, 0.4) is 0 Å². The summed E-state index contributed by atoms with van der Waals surface area (Å²) in [5.74, 6) is 0.205. The molecular weight excluding hydrogens is 461 g/mol. The zero-order valence-corrected chi connectivity index (χ0v) is 20.1. The van der Waals surface area contributed by atoms with Crippen molar-refractivity contribution < 1.29 is 28.6 Å². The number of rotatable bonds is 7. The number of ether oxygens (including phenoxy) is 2. The summed E-state index contributed by atoms with van der Waals surface area (Å²) < 4.78 is 26.4. The van der Waals surface area contributed by atoms with E-state index < -0.39 is 5.97 Å². The Morgan fingerprint density at radius 1 is 1.11 bits per heavy atom. The van der Waals surface area contributed by atoms with Gasteiger partial charge in [-0.15, -0.1) is 0 Å². The molecule has 186 valence electrons. The molecule has 0 radical (unpaired) electrons. The van der Waals surface area contributed by atoms with Gasteiger partial charge in [0.25, 0.3) is 0 Å². The van der Waals surface area contributed by atoms with Crippen molar-refractivity contribution in [3.8, 4) is 22.6 Å². The molecular formula is C29H28FNO5. The van der Waals surface area contributed by atoms with Crippen LogP contribution >= 0.6 is 0 Å². The van der Waals surface area contributed by atoms with Gasteiger partial charge in [-0.25, -0.2) is 4.39 Å². The van der Waals surface area contributed by atoms with Crippen LogP contribution in [-0.4, -0.2) is 41.6 Å². The average Bonchev–Trinajstić information content (AvgIpc) is 3.27. The molecule has 1 N–H and O–H groups in total. The topological polar surface area (TPSA) is 76.1 Å². The lowest BCUT2D eigenvalue weighted by atomic mass is 9.89. The standard InChI is InChI=1S/C29H28FNO5/c1-2-35-27-13-18(14-29(33)34)7-8-23(27)21-9-10-25(30)22-11-12-31(16-24(21)22)28(32)15-19-17-36-26-6-4-3-5-20(19)26/h3-10,13,19H,2,11-12,14-17H2,1H3,(H,33,34). The molecule has 0 aliphatic carbocycles.